The summed E-state index contributed by atoms with van der Waals surface area (Å²) in [5, 5.41) is 0. The van der Waals surface area contributed by atoms with Crippen LogP contribution in [-0.2, 0) is 4.74 Å². The highest BCUT2D eigenvalue weighted by atomic mass is 16.5. The second-order valence-corrected chi connectivity index (χ2v) is 4.58. The lowest BCUT2D eigenvalue weighted by atomic mass is 10.1. The first-order valence-electron chi connectivity index (χ1n) is 6.70. The fourth-order valence-corrected chi connectivity index (χ4v) is 2.32. The molecule has 1 saturated heterocycles. The number of ether oxygens (including phenoxy) is 1. The van der Waals surface area contributed by atoms with Gasteiger partial charge in [-0.1, -0.05) is 26.2 Å². The number of piperidine rings is 1. The number of nitrogens with zero attached hydrogens (tertiary/aromatic N) is 1. The molecule has 1 aliphatic heterocycles. The van der Waals surface area contributed by atoms with Crippen LogP contribution in [-0.4, -0.2) is 37.2 Å². The summed E-state index contributed by atoms with van der Waals surface area (Å²) in [5.74, 6) is 0. The lowest BCUT2D eigenvalue weighted by Gasteiger charge is -2.30. The van der Waals surface area contributed by atoms with Crippen LogP contribution in [0.3, 0.4) is 0 Å². The molecule has 0 aromatic rings. The Morgan fingerprint density at radius 2 is 1.87 bits per heavy atom. The number of hydrogen-bond acceptors (Lipinski definition) is 2. The Morgan fingerprint density at radius 3 is 2.47 bits per heavy atom. The van der Waals surface area contributed by atoms with E-state index in [1.807, 2.05) is 0 Å². The van der Waals surface area contributed by atoms with E-state index >= 15 is 0 Å². The summed E-state index contributed by atoms with van der Waals surface area (Å²) in [6.45, 7) is 8.96. The predicted molar refractivity (Wildman–Crippen MR) is 65.2 cm³/mol. The molecule has 0 amide bonds. The molecule has 1 unspecified atom stereocenters. The Hall–Kier alpha value is -0.0800. The van der Waals surface area contributed by atoms with Crippen LogP contribution < -0.4 is 0 Å². The molecule has 0 aromatic heterocycles. The van der Waals surface area contributed by atoms with Crippen molar-refractivity contribution in [3.63, 3.8) is 0 Å². The summed E-state index contributed by atoms with van der Waals surface area (Å²) < 4.78 is 5.81. The van der Waals surface area contributed by atoms with Crippen LogP contribution in [0.4, 0.5) is 0 Å². The summed E-state index contributed by atoms with van der Waals surface area (Å²) in [5.41, 5.74) is 0. The summed E-state index contributed by atoms with van der Waals surface area (Å²) in [6.07, 6.45) is 8.49. The largest absolute Gasteiger partial charge is 0.377 e. The van der Waals surface area contributed by atoms with Crippen molar-refractivity contribution in [2.75, 3.05) is 26.2 Å². The topological polar surface area (TPSA) is 12.5 Å². The summed E-state index contributed by atoms with van der Waals surface area (Å²) in [7, 11) is 0. The molecule has 1 heterocycles. The van der Waals surface area contributed by atoms with Crippen molar-refractivity contribution in [3.8, 4) is 0 Å². The molecule has 15 heavy (non-hydrogen) atoms. The van der Waals surface area contributed by atoms with Gasteiger partial charge >= 0.3 is 0 Å². The maximum Gasteiger partial charge on any atom is 0.0701 e. The van der Waals surface area contributed by atoms with Crippen LogP contribution in [0.1, 0.15) is 52.4 Å². The SMILES string of the molecule is CCCCC(CN1CCCCC1)OCC. The molecule has 1 rings (SSSR count). The summed E-state index contributed by atoms with van der Waals surface area (Å²) >= 11 is 0. The van der Waals surface area contributed by atoms with Crippen LogP contribution in [0.5, 0.6) is 0 Å². The first kappa shape index (κ1) is 13.0. The molecular weight excluding hydrogens is 186 g/mol. The van der Waals surface area contributed by atoms with E-state index in [4.69, 9.17) is 4.74 Å². The molecule has 0 N–H and O–H groups in total. The second kappa shape index (κ2) is 8.12. The molecule has 0 aromatic carbocycles. The minimum Gasteiger partial charge on any atom is -0.377 e. The van der Waals surface area contributed by atoms with Gasteiger partial charge in [-0.2, -0.15) is 0 Å². The van der Waals surface area contributed by atoms with Gasteiger partial charge in [0, 0.05) is 13.2 Å². The zero-order valence-corrected chi connectivity index (χ0v) is 10.5. The minimum atomic E-state index is 0.480. The van der Waals surface area contributed by atoms with Crippen molar-refractivity contribution in [1.82, 2.24) is 4.90 Å². The van der Waals surface area contributed by atoms with E-state index in [-0.39, 0.29) is 0 Å². The number of unbranched alkanes of at least 4 members (excludes halogenated alkanes) is 1. The zero-order chi connectivity index (χ0) is 10.9. The van der Waals surface area contributed by atoms with Gasteiger partial charge < -0.3 is 9.64 Å². The van der Waals surface area contributed by atoms with Crippen molar-refractivity contribution >= 4 is 0 Å². The van der Waals surface area contributed by atoms with Crippen LogP contribution >= 0.6 is 0 Å². The normalized spacial score (nSPS) is 20.4. The van der Waals surface area contributed by atoms with E-state index in [0.717, 1.165) is 13.2 Å². The van der Waals surface area contributed by atoms with Gasteiger partial charge in [0.2, 0.25) is 0 Å². The highest BCUT2D eigenvalue weighted by Gasteiger charge is 2.15. The maximum absolute atomic E-state index is 5.81. The fourth-order valence-electron chi connectivity index (χ4n) is 2.32. The number of rotatable bonds is 7. The zero-order valence-electron chi connectivity index (χ0n) is 10.5. The molecule has 2 heteroatoms. The Labute approximate surface area is 95.0 Å². The molecule has 0 aliphatic carbocycles. The lowest BCUT2D eigenvalue weighted by molar-refractivity contribution is 0.0227. The first-order valence-corrected chi connectivity index (χ1v) is 6.70. The molecule has 90 valence electrons. The Morgan fingerprint density at radius 1 is 1.13 bits per heavy atom. The van der Waals surface area contributed by atoms with Gasteiger partial charge in [-0.05, 0) is 39.3 Å². The number of likely N-dealkylation sites (tertiary alicyclic amines) is 1. The van der Waals surface area contributed by atoms with Crippen molar-refractivity contribution < 1.29 is 4.74 Å². The van der Waals surface area contributed by atoms with E-state index in [1.54, 1.807) is 0 Å². The maximum atomic E-state index is 5.81. The quantitative estimate of drug-likeness (QED) is 0.644. The second-order valence-electron chi connectivity index (χ2n) is 4.58. The van der Waals surface area contributed by atoms with Gasteiger partial charge in [0.1, 0.15) is 0 Å². The van der Waals surface area contributed by atoms with Crippen molar-refractivity contribution in [3.05, 3.63) is 0 Å². The van der Waals surface area contributed by atoms with Gasteiger partial charge in [0.05, 0.1) is 6.10 Å². The summed E-state index contributed by atoms with van der Waals surface area (Å²) in [4.78, 5) is 2.58. The first-order chi connectivity index (χ1) is 7.36. The van der Waals surface area contributed by atoms with Crippen molar-refractivity contribution in [1.29, 1.82) is 0 Å². The van der Waals surface area contributed by atoms with E-state index < -0.39 is 0 Å². The molecule has 1 fully saturated rings. The molecule has 1 atom stereocenters. The third-order valence-electron chi connectivity index (χ3n) is 3.19. The molecule has 0 bridgehead atoms. The van der Waals surface area contributed by atoms with E-state index in [2.05, 4.69) is 18.7 Å². The smallest absolute Gasteiger partial charge is 0.0701 e. The van der Waals surface area contributed by atoms with Crippen molar-refractivity contribution in [2.45, 2.75) is 58.5 Å². The Balaban J connectivity index is 2.21. The third-order valence-corrected chi connectivity index (χ3v) is 3.19. The summed E-state index contributed by atoms with van der Waals surface area (Å²) in [6, 6.07) is 0. The number of hydrogen-bond donors (Lipinski definition) is 0. The van der Waals surface area contributed by atoms with Crippen LogP contribution in [0, 0.1) is 0 Å². The fraction of sp³-hybridized carbons (Fsp3) is 1.00. The van der Waals surface area contributed by atoms with E-state index in [9.17, 15) is 0 Å². The van der Waals surface area contributed by atoms with E-state index in [0.29, 0.717) is 6.10 Å². The van der Waals surface area contributed by atoms with Gasteiger partial charge in [-0.3, -0.25) is 0 Å². The average molecular weight is 213 g/mol. The van der Waals surface area contributed by atoms with Gasteiger partial charge in [-0.25, -0.2) is 0 Å². The molecule has 0 saturated carbocycles. The monoisotopic (exact) mass is 213 g/mol. The molecule has 1 aliphatic rings. The van der Waals surface area contributed by atoms with Crippen LogP contribution in [0.2, 0.25) is 0 Å². The minimum absolute atomic E-state index is 0.480. The molecule has 2 nitrogen and oxygen atoms in total. The Kier molecular flexibility index (Phi) is 7.03. The van der Waals surface area contributed by atoms with Gasteiger partial charge in [-0.15, -0.1) is 0 Å². The molecule has 0 spiro atoms. The third kappa shape index (κ3) is 5.53. The molecular formula is C13H27NO. The highest BCUT2D eigenvalue weighted by Crippen LogP contribution is 2.12. The average Bonchev–Trinajstić information content (AvgIpc) is 2.28. The molecule has 0 radical (unpaired) electrons. The lowest BCUT2D eigenvalue weighted by Crippen LogP contribution is -2.37. The standard InChI is InChI=1S/C13H27NO/c1-3-5-9-13(15-4-2)12-14-10-7-6-8-11-14/h13H,3-12H2,1-2H3. The van der Waals surface area contributed by atoms with Gasteiger partial charge in [0.25, 0.3) is 0 Å². The highest BCUT2D eigenvalue weighted by molar-refractivity contribution is 4.70. The Bertz CT molecular complexity index is 143. The van der Waals surface area contributed by atoms with Gasteiger partial charge in [0.15, 0.2) is 0 Å². The van der Waals surface area contributed by atoms with E-state index in [1.165, 1.54) is 51.6 Å². The van der Waals surface area contributed by atoms with Crippen LogP contribution in [0.25, 0.3) is 0 Å². The predicted octanol–water partition coefficient (Wildman–Crippen LogP) is 3.07. The van der Waals surface area contributed by atoms with Crippen molar-refractivity contribution in [2.24, 2.45) is 0 Å². The van der Waals surface area contributed by atoms with Crippen LogP contribution in [0.15, 0.2) is 0 Å².